The van der Waals surface area contributed by atoms with Gasteiger partial charge in [0.2, 0.25) is 5.91 Å². The summed E-state index contributed by atoms with van der Waals surface area (Å²) in [6.07, 6.45) is 4.95. The predicted octanol–water partition coefficient (Wildman–Crippen LogP) is 4.15. The lowest BCUT2D eigenvalue weighted by Gasteiger charge is -2.39. The molecule has 0 saturated carbocycles. The van der Waals surface area contributed by atoms with Crippen molar-refractivity contribution in [3.8, 4) is 5.69 Å². The van der Waals surface area contributed by atoms with Gasteiger partial charge < -0.3 is 18.8 Å². The molecule has 3 aromatic rings. The molecule has 7 heteroatoms. The number of ether oxygens (including phenoxy) is 1. The van der Waals surface area contributed by atoms with Crippen LogP contribution in [-0.2, 0) is 16.1 Å². The van der Waals surface area contributed by atoms with Crippen LogP contribution in [0, 0.1) is 5.82 Å². The Kier molecular flexibility index (Phi) is 5.37. The number of nitrogens with zero attached hydrogens (tertiary/aromatic N) is 3. The number of hydrogen-bond acceptors (Lipinski definition) is 3. The van der Waals surface area contributed by atoms with E-state index in [1.54, 1.807) is 22.8 Å². The molecule has 1 saturated heterocycles. The van der Waals surface area contributed by atoms with Crippen LogP contribution in [0.3, 0.4) is 0 Å². The largest absolute Gasteiger partial charge is 0.464 e. The molecule has 2 aromatic heterocycles. The zero-order valence-electron chi connectivity index (χ0n) is 17.5. The highest BCUT2D eigenvalue weighted by molar-refractivity contribution is 5.96. The lowest BCUT2D eigenvalue weighted by molar-refractivity contribution is -0.137. The number of amides is 1. The maximum absolute atomic E-state index is 13.3. The van der Waals surface area contributed by atoms with Gasteiger partial charge in [0.25, 0.3) is 0 Å². The second kappa shape index (κ2) is 7.97. The summed E-state index contributed by atoms with van der Waals surface area (Å²) in [5, 5.41) is 0. The Balaban J connectivity index is 1.75. The van der Waals surface area contributed by atoms with Crippen molar-refractivity contribution in [3.05, 3.63) is 54.1 Å². The van der Waals surface area contributed by atoms with Gasteiger partial charge in [0.1, 0.15) is 18.1 Å². The van der Waals surface area contributed by atoms with Crippen molar-refractivity contribution >= 4 is 22.9 Å². The highest BCUT2D eigenvalue weighted by Crippen LogP contribution is 2.27. The summed E-state index contributed by atoms with van der Waals surface area (Å²) in [6.45, 7) is 4.21. The molecular formula is C23H26FN3O3. The van der Waals surface area contributed by atoms with Crippen molar-refractivity contribution in [2.75, 3.05) is 7.11 Å². The maximum Gasteiger partial charge on any atom is 0.354 e. The average Bonchev–Trinajstić information content (AvgIpc) is 3.28. The lowest BCUT2D eigenvalue weighted by atomic mass is 9.97. The number of rotatable bonds is 4. The number of esters is 1. The van der Waals surface area contributed by atoms with Gasteiger partial charge in [-0.15, -0.1) is 0 Å². The van der Waals surface area contributed by atoms with Gasteiger partial charge in [-0.1, -0.05) is 0 Å². The third-order valence-corrected chi connectivity index (χ3v) is 6.03. The van der Waals surface area contributed by atoms with Gasteiger partial charge in [-0.25, -0.2) is 9.18 Å². The molecule has 0 radical (unpaired) electrons. The summed E-state index contributed by atoms with van der Waals surface area (Å²) in [4.78, 5) is 27.6. The summed E-state index contributed by atoms with van der Waals surface area (Å²) < 4.78 is 21.9. The highest BCUT2D eigenvalue weighted by Gasteiger charge is 2.30. The van der Waals surface area contributed by atoms with Crippen molar-refractivity contribution in [1.82, 2.24) is 14.0 Å². The van der Waals surface area contributed by atoms with Crippen LogP contribution in [0.1, 0.15) is 43.6 Å². The fourth-order valence-corrected chi connectivity index (χ4v) is 4.54. The van der Waals surface area contributed by atoms with Crippen LogP contribution in [0.25, 0.3) is 16.7 Å². The molecule has 0 unspecified atom stereocenters. The zero-order chi connectivity index (χ0) is 21.4. The van der Waals surface area contributed by atoms with Gasteiger partial charge in [0.05, 0.1) is 18.1 Å². The van der Waals surface area contributed by atoms with Crippen molar-refractivity contribution in [3.63, 3.8) is 0 Å². The molecule has 0 aliphatic carbocycles. The van der Waals surface area contributed by atoms with E-state index in [1.807, 2.05) is 21.7 Å². The van der Waals surface area contributed by atoms with Gasteiger partial charge in [-0.05, 0) is 69.5 Å². The molecular weight excluding hydrogens is 385 g/mol. The number of methoxy groups -OCH3 is 1. The molecule has 4 rings (SSSR count). The van der Waals surface area contributed by atoms with Crippen molar-refractivity contribution < 1.29 is 18.7 Å². The third-order valence-electron chi connectivity index (χ3n) is 6.03. The molecule has 0 N–H and O–H groups in total. The van der Waals surface area contributed by atoms with E-state index in [-0.39, 0.29) is 30.4 Å². The number of aromatic nitrogens is 2. The van der Waals surface area contributed by atoms with Crippen LogP contribution < -0.4 is 0 Å². The number of benzene rings is 1. The number of fused-ring (bicyclic) bond motifs is 1. The van der Waals surface area contributed by atoms with Gasteiger partial charge in [-0.2, -0.15) is 0 Å². The van der Waals surface area contributed by atoms with E-state index in [9.17, 15) is 14.0 Å². The normalized spacial score (nSPS) is 19.3. The first kappa shape index (κ1) is 20.2. The maximum atomic E-state index is 13.3. The molecule has 1 aliphatic rings. The number of carbonyl (C=O) groups is 2. The Bertz CT molecular complexity index is 1070. The van der Waals surface area contributed by atoms with Gasteiger partial charge >= 0.3 is 5.97 Å². The van der Waals surface area contributed by atoms with Crippen LogP contribution in [0.4, 0.5) is 4.39 Å². The summed E-state index contributed by atoms with van der Waals surface area (Å²) in [5.74, 6) is -0.818. The monoisotopic (exact) mass is 411 g/mol. The summed E-state index contributed by atoms with van der Waals surface area (Å²) in [7, 11) is 1.33. The quantitative estimate of drug-likeness (QED) is 0.606. The van der Waals surface area contributed by atoms with Crippen LogP contribution in [0.5, 0.6) is 0 Å². The van der Waals surface area contributed by atoms with E-state index < -0.39 is 5.97 Å². The van der Waals surface area contributed by atoms with E-state index in [1.165, 1.54) is 19.2 Å². The minimum Gasteiger partial charge on any atom is -0.464 e. The van der Waals surface area contributed by atoms with E-state index >= 15 is 0 Å². The van der Waals surface area contributed by atoms with Gasteiger partial charge in [0.15, 0.2) is 0 Å². The predicted molar refractivity (Wildman–Crippen MR) is 112 cm³/mol. The van der Waals surface area contributed by atoms with Crippen LogP contribution in [0.15, 0.2) is 42.6 Å². The SMILES string of the molecule is COC(=O)c1cc2c(ccn2-c2ccc(F)cc2)n1CC(=O)N1[C@H](C)CCC[C@@H]1C. The van der Waals surface area contributed by atoms with Crippen molar-refractivity contribution in [2.24, 2.45) is 0 Å². The second-order valence-corrected chi connectivity index (χ2v) is 7.97. The van der Waals surface area contributed by atoms with Crippen LogP contribution >= 0.6 is 0 Å². The molecule has 6 nitrogen and oxygen atoms in total. The summed E-state index contributed by atoms with van der Waals surface area (Å²) >= 11 is 0. The fourth-order valence-electron chi connectivity index (χ4n) is 4.54. The molecule has 158 valence electrons. The molecule has 0 bridgehead atoms. The number of piperidine rings is 1. The number of carbonyl (C=O) groups excluding carboxylic acids is 2. The minimum absolute atomic E-state index is 0.00751. The summed E-state index contributed by atoms with van der Waals surface area (Å²) in [6, 6.07) is 10.1. The molecule has 0 spiro atoms. The second-order valence-electron chi connectivity index (χ2n) is 7.97. The first-order chi connectivity index (χ1) is 14.4. The molecule has 2 atom stereocenters. The number of likely N-dealkylation sites (tertiary alicyclic amines) is 1. The Hall–Kier alpha value is -3.09. The van der Waals surface area contributed by atoms with Crippen LogP contribution in [0.2, 0.25) is 0 Å². The Morgan fingerprint density at radius 1 is 1.07 bits per heavy atom. The van der Waals surface area contributed by atoms with Crippen molar-refractivity contribution in [1.29, 1.82) is 0 Å². The van der Waals surface area contributed by atoms with E-state index in [0.29, 0.717) is 5.69 Å². The van der Waals surface area contributed by atoms with Gasteiger partial charge in [-0.3, -0.25) is 4.79 Å². The summed E-state index contributed by atoms with van der Waals surface area (Å²) in [5.41, 5.74) is 2.61. The van der Waals surface area contributed by atoms with Gasteiger partial charge in [0, 0.05) is 24.0 Å². The third kappa shape index (κ3) is 3.49. The fraction of sp³-hybridized carbons (Fsp3) is 0.391. The lowest BCUT2D eigenvalue weighted by Crippen LogP contribution is -2.48. The molecule has 1 aliphatic heterocycles. The van der Waals surface area contributed by atoms with Crippen molar-refractivity contribution in [2.45, 2.75) is 51.7 Å². The Labute approximate surface area is 174 Å². The Morgan fingerprint density at radius 3 is 2.37 bits per heavy atom. The van der Waals surface area contributed by atoms with E-state index in [0.717, 1.165) is 36.0 Å². The standard InChI is InChI=1S/C23H26FN3O3/c1-15-5-4-6-16(2)27(15)22(28)14-26-19-11-12-25(18-9-7-17(24)8-10-18)20(19)13-21(26)23(29)30-3/h7-13,15-16H,4-6,14H2,1-3H3/t15-,16+. The molecule has 30 heavy (non-hydrogen) atoms. The first-order valence-corrected chi connectivity index (χ1v) is 10.3. The molecule has 3 heterocycles. The Morgan fingerprint density at radius 2 is 1.73 bits per heavy atom. The smallest absolute Gasteiger partial charge is 0.354 e. The number of halogens is 1. The van der Waals surface area contributed by atoms with Crippen LogP contribution in [-0.4, -0.2) is 45.1 Å². The average molecular weight is 411 g/mol. The minimum atomic E-state index is -0.496. The topological polar surface area (TPSA) is 56.5 Å². The molecule has 1 amide bonds. The van der Waals surface area contributed by atoms with E-state index in [2.05, 4.69) is 13.8 Å². The first-order valence-electron chi connectivity index (χ1n) is 10.3. The molecule has 1 aromatic carbocycles. The van der Waals surface area contributed by atoms with E-state index in [4.69, 9.17) is 4.74 Å². The number of hydrogen-bond donors (Lipinski definition) is 0. The zero-order valence-corrected chi connectivity index (χ0v) is 17.5. The highest BCUT2D eigenvalue weighted by atomic mass is 19.1. The molecule has 1 fully saturated rings.